The Labute approximate surface area is 99.1 Å². The van der Waals surface area contributed by atoms with Crippen LogP contribution in [0.15, 0.2) is 0 Å². The van der Waals surface area contributed by atoms with E-state index >= 15 is 0 Å². The lowest BCUT2D eigenvalue weighted by Gasteiger charge is -2.27. The van der Waals surface area contributed by atoms with E-state index in [0.717, 1.165) is 19.4 Å². The van der Waals surface area contributed by atoms with Gasteiger partial charge in [0.2, 0.25) is 5.91 Å². The van der Waals surface area contributed by atoms with Crippen LogP contribution in [0.5, 0.6) is 0 Å². The quantitative estimate of drug-likeness (QED) is 0.685. The van der Waals surface area contributed by atoms with E-state index in [1.54, 1.807) is 7.11 Å². The van der Waals surface area contributed by atoms with Crippen molar-refractivity contribution >= 4 is 5.91 Å². The van der Waals surface area contributed by atoms with Crippen LogP contribution < -0.4 is 5.73 Å². The fourth-order valence-electron chi connectivity index (χ4n) is 1.52. The fraction of sp³-hybridized carbons (Fsp3) is 0.917. The Morgan fingerprint density at radius 2 is 2.00 bits per heavy atom. The molecular formula is C12H26N2O2. The number of hydrogen-bond acceptors (Lipinski definition) is 3. The van der Waals surface area contributed by atoms with Crippen molar-refractivity contribution in [2.45, 2.75) is 52.2 Å². The first kappa shape index (κ1) is 15.4. The molecule has 0 aromatic carbocycles. The van der Waals surface area contributed by atoms with Crippen molar-refractivity contribution < 1.29 is 9.53 Å². The van der Waals surface area contributed by atoms with Gasteiger partial charge in [0.15, 0.2) is 0 Å². The van der Waals surface area contributed by atoms with Gasteiger partial charge < -0.3 is 15.4 Å². The van der Waals surface area contributed by atoms with Gasteiger partial charge in [0.1, 0.15) is 0 Å². The first-order valence-electron chi connectivity index (χ1n) is 6.05. The van der Waals surface area contributed by atoms with Crippen molar-refractivity contribution in [3.05, 3.63) is 0 Å². The maximum Gasteiger partial charge on any atom is 0.222 e. The van der Waals surface area contributed by atoms with Crippen LogP contribution in [-0.4, -0.2) is 43.2 Å². The Kier molecular flexibility index (Phi) is 8.21. The molecule has 0 aliphatic carbocycles. The molecule has 4 heteroatoms. The second-order valence-corrected chi connectivity index (χ2v) is 4.41. The minimum Gasteiger partial charge on any atom is -0.382 e. The summed E-state index contributed by atoms with van der Waals surface area (Å²) in [4.78, 5) is 13.8. The molecule has 0 heterocycles. The fourth-order valence-corrected chi connectivity index (χ4v) is 1.52. The zero-order valence-corrected chi connectivity index (χ0v) is 11.0. The van der Waals surface area contributed by atoms with Crippen molar-refractivity contribution in [2.24, 2.45) is 5.73 Å². The molecule has 0 rings (SSSR count). The second kappa shape index (κ2) is 8.53. The summed E-state index contributed by atoms with van der Waals surface area (Å²) in [5.41, 5.74) is 5.46. The summed E-state index contributed by atoms with van der Waals surface area (Å²) < 4.78 is 5.13. The topological polar surface area (TPSA) is 55.6 Å². The molecule has 2 N–H and O–H groups in total. The molecule has 4 nitrogen and oxygen atoms in total. The highest BCUT2D eigenvalue weighted by Crippen LogP contribution is 2.07. The predicted octanol–water partition coefficient (Wildman–Crippen LogP) is 1.39. The van der Waals surface area contributed by atoms with Gasteiger partial charge in [-0.05, 0) is 40.2 Å². The van der Waals surface area contributed by atoms with Crippen LogP contribution in [0.3, 0.4) is 0 Å². The maximum absolute atomic E-state index is 11.9. The third-order valence-electron chi connectivity index (χ3n) is 2.71. The minimum absolute atomic E-state index is 0.146. The van der Waals surface area contributed by atoms with Crippen molar-refractivity contribution in [3.63, 3.8) is 0 Å². The monoisotopic (exact) mass is 230 g/mol. The zero-order valence-electron chi connectivity index (χ0n) is 11.0. The number of carbonyl (C=O) groups excluding carboxylic acids is 1. The third-order valence-corrected chi connectivity index (χ3v) is 2.71. The highest BCUT2D eigenvalue weighted by Gasteiger charge is 2.16. The zero-order chi connectivity index (χ0) is 12.6. The van der Waals surface area contributed by atoms with Gasteiger partial charge >= 0.3 is 0 Å². The first-order chi connectivity index (χ1) is 7.52. The van der Waals surface area contributed by atoms with Crippen molar-refractivity contribution in [1.82, 2.24) is 4.90 Å². The normalized spacial score (nSPS) is 12.9. The third kappa shape index (κ3) is 6.08. The molecule has 0 aliphatic heterocycles. The summed E-state index contributed by atoms with van der Waals surface area (Å²) in [6.07, 6.45) is 2.34. The largest absolute Gasteiger partial charge is 0.382 e. The second-order valence-electron chi connectivity index (χ2n) is 4.41. The highest BCUT2D eigenvalue weighted by atomic mass is 16.5. The average Bonchev–Trinajstić information content (AvgIpc) is 2.25. The smallest absolute Gasteiger partial charge is 0.222 e. The van der Waals surface area contributed by atoms with Crippen LogP contribution in [-0.2, 0) is 9.53 Å². The first-order valence-corrected chi connectivity index (χ1v) is 6.05. The van der Waals surface area contributed by atoms with Gasteiger partial charge in [-0.2, -0.15) is 0 Å². The van der Waals surface area contributed by atoms with Gasteiger partial charge in [0.05, 0.1) is 6.10 Å². The molecule has 1 unspecified atom stereocenters. The lowest BCUT2D eigenvalue weighted by atomic mass is 10.1. The SMILES string of the molecule is COC(C)CCC(=O)N(CCCN)C(C)C. The van der Waals surface area contributed by atoms with Crippen LogP contribution in [0.4, 0.5) is 0 Å². The summed E-state index contributed by atoms with van der Waals surface area (Å²) in [5, 5.41) is 0. The van der Waals surface area contributed by atoms with E-state index < -0.39 is 0 Å². The molecule has 0 aromatic rings. The molecule has 1 atom stereocenters. The van der Waals surface area contributed by atoms with Crippen LogP contribution >= 0.6 is 0 Å². The Hall–Kier alpha value is -0.610. The summed E-state index contributed by atoms with van der Waals surface area (Å²) in [6.45, 7) is 7.44. The summed E-state index contributed by atoms with van der Waals surface area (Å²) in [5.74, 6) is 0.201. The molecule has 0 aliphatic rings. The number of hydrogen-bond donors (Lipinski definition) is 1. The van der Waals surface area contributed by atoms with Crippen molar-refractivity contribution in [3.8, 4) is 0 Å². The standard InChI is InChI=1S/C12H26N2O2/c1-10(2)14(9-5-8-13)12(15)7-6-11(3)16-4/h10-11H,5-9,13H2,1-4H3. The van der Waals surface area contributed by atoms with E-state index in [1.807, 2.05) is 25.7 Å². The van der Waals surface area contributed by atoms with Crippen molar-refractivity contribution in [1.29, 1.82) is 0 Å². The maximum atomic E-state index is 11.9. The Morgan fingerprint density at radius 3 is 2.44 bits per heavy atom. The van der Waals surface area contributed by atoms with Crippen LogP contribution in [0.1, 0.15) is 40.0 Å². The molecule has 0 aromatic heterocycles. The van der Waals surface area contributed by atoms with E-state index in [2.05, 4.69) is 0 Å². The number of methoxy groups -OCH3 is 1. The van der Waals surface area contributed by atoms with Crippen LogP contribution in [0.2, 0.25) is 0 Å². The van der Waals surface area contributed by atoms with E-state index in [4.69, 9.17) is 10.5 Å². The average molecular weight is 230 g/mol. The number of carbonyl (C=O) groups is 1. The molecule has 0 saturated carbocycles. The van der Waals surface area contributed by atoms with Gasteiger partial charge in [-0.3, -0.25) is 4.79 Å². The molecule has 1 amide bonds. The Morgan fingerprint density at radius 1 is 1.38 bits per heavy atom. The number of rotatable bonds is 8. The Balaban J connectivity index is 4.06. The number of nitrogens with two attached hydrogens (primary N) is 1. The van der Waals surface area contributed by atoms with Crippen LogP contribution in [0, 0.1) is 0 Å². The van der Waals surface area contributed by atoms with E-state index in [9.17, 15) is 4.79 Å². The molecular weight excluding hydrogens is 204 g/mol. The predicted molar refractivity (Wildman–Crippen MR) is 66.2 cm³/mol. The summed E-state index contributed by atoms with van der Waals surface area (Å²) in [6, 6.07) is 0.247. The van der Waals surface area contributed by atoms with E-state index in [-0.39, 0.29) is 18.1 Å². The van der Waals surface area contributed by atoms with Gasteiger partial charge in [-0.15, -0.1) is 0 Å². The number of nitrogens with zero attached hydrogens (tertiary/aromatic N) is 1. The molecule has 0 radical (unpaired) electrons. The summed E-state index contributed by atoms with van der Waals surface area (Å²) >= 11 is 0. The van der Waals surface area contributed by atoms with Gasteiger partial charge in [-0.25, -0.2) is 0 Å². The van der Waals surface area contributed by atoms with E-state index in [1.165, 1.54) is 0 Å². The summed E-state index contributed by atoms with van der Waals surface area (Å²) in [7, 11) is 1.67. The van der Waals surface area contributed by atoms with Gasteiger partial charge in [0, 0.05) is 26.1 Å². The molecule has 0 bridgehead atoms. The molecule has 0 saturated heterocycles. The molecule has 0 spiro atoms. The van der Waals surface area contributed by atoms with Crippen molar-refractivity contribution in [2.75, 3.05) is 20.2 Å². The van der Waals surface area contributed by atoms with E-state index in [0.29, 0.717) is 13.0 Å². The molecule has 96 valence electrons. The van der Waals surface area contributed by atoms with Crippen LogP contribution in [0.25, 0.3) is 0 Å². The van der Waals surface area contributed by atoms with Gasteiger partial charge in [-0.1, -0.05) is 0 Å². The number of amides is 1. The molecule has 0 fully saturated rings. The minimum atomic E-state index is 0.146. The van der Waals surface area contributed by atoms with Gasteiger partial charge in [0.25, 0.3) is 0 Å². The lowest BCUT2D eigenvalue weighted by molar-refractivity contribution is -0.133. The molecule has 16 heavy (non-hydrogen) atoms. The highest BCUT2D eigenvalue weighted by molar-refractivity contribution is 5.76. The lowest BCUT2D eigenvalue weighted by Crippen LogP contribution is -2.38. The number of ether oxygens (including phenoxy) is 1. The Bertz CT molecular complexity index is 195.